The zero-order chi connectivity index (χ0) is 17.7. The molecule has 0 amide bonds. The van der Waals surface area contributed by atoms with Crippen molar-refractivity contribution in [2.75, 3.05) is 6.61 Å². The first-order valence-electron chi connectivity index (χ1n) is 8.57. The van der Waals surface area contributed by atoms with Gasteiger partial charge in [0.2, 0.25) is 0 Å². The molecule has 1 aromatic rings. The molecule has 3 nitrogen and oxygen atoms in total. The van der Waals surface area contributed by atoms with Gasteiger partial charge in [-0.15, -0.1) is 0 Å². The number of benzene rings is 1. The Bertz CT molecular complexity index is 524. The summed E-state index contributed by atoms with van der Waals surface area (Å²) in [5.74, 6) is 0.106. The van der Waals surface area contributed by atoms with E-state index in [1.54, 1.807) is 0 Å². The van der Waals surface area contributed by atoms with Gasteiger partial charge in [0.25, 0.3) is 0 Å². The molecule has 0 aliphatic heterocycles. The fourth-order valence-corrected chi connectivity index (χ4v) is 2.89. The maximum absolute atomic E-state index is 11.3. The Balaban J connectivity index is 3.03. The van der Waals surface area contributed by atoms with Crippen LogP contribution in [0.25, 0.3) is 0 Å². The second-order valence-corrected chi connectivity index (χ2v) is 8.10. The molecule has 0 unspecified atom stereocenters. The lowest BCUT2D eigenvalue weighted by atomic mass is 9.75. The quantitative estimate of drug-likeness (QED) is 0.538. The molecule has 0 bridgehead atoms. The number of hydrogen-bond acceptors (Lipinski definition) is 3. The van der Waals surface area contributed by atoms with Gasteiger partial charge in [-0.1, -0.05) is 59.9 Å². The number of carbonyl (C=O) groups is 1. The predicted molar refractivity (Wildman–Crippen MR) is 95.4 cm³/mol. The molecule has 0 atom stereocenters. The van der Waals surface area contributed by atoms with Crippen LogP contribution >= 0.6 is 0 Å². The van der Waals surface area contributed by atoms with Gasteiger partial charge in [0.05, 0.1) is 5.56 Å². The molecule has 0 aliphatic rings. The molecular formula is C20H32O3. The van der Waals surface area contributed by atoms with E-state index in [4.69, 9.17) is 5.11 Å². The first kappa shape index (κ1) is 19.7. The van der Waals surface area contributed by atoms with E-state index in [0.717, 1.165) is 49.5 Å². The van der Waals surface area contributed by atoms with Crippen molar-refractivity contribution in [3.8, 4) is 5.75 Å². The summed E-state index contributed by atoms with van der Waals surface area (Å²) in [5.41, 5.74) is 2.04. The molecule has 0 aliphatic carbocycles. The van der Waals surface area contributed by atoms with Gasteiger partial charge in [-0.2, -0.15) is 0 Å². The van der Waals surface area contributed by atoms with Crippen LogP contribution in [0.5, 0.6) is 5.75 Å². The Hall–Kier alpha value is -1.35. The molecule has 0 heterocycles. The zero-order valence-electron chi connectivity index (χ0n) is 15.3. The predicted octanol–water partition coefficient (Wildman–Crippen LogP) is 4.72. The summed E-state index contributed by atoms with van der Waals surface area (Å²) in [6.45, 7) is 10.8. The van der Waals surface area contributed by atoms with Crippen molar-refractivity contribution < 1.29 is 15.0 Å². The SMILES string of the molecule is CC(C)(C)c1cc(C(C)(C)CCCCCCO)cc(C=O)c1O. The summed E-state index contributed by atoms with van der Waals surface area (Å²) in [4.78, 5) is 11.3. The number of aliphatic hydroxyl groups excluding tert-OH is 1. The second-order valence-electron chi connectivity index (χ2n) is 8.10. The monoisotopic (exact) mass is 320 g/mol. The smallest absolute Gasteiger partial charge is 0.153 e. The largest absolute Gasteiger partial charge is 0.507 e. The van der Waals surface area contributed by atoms with Crippen LogP contribution in [0.1, 0.15) is 88.2 Å². The van der Waals surface area contributed by atoms with Crippen LogP contribution in [0.2, 0.25) is 0 Å². The molecule has 0 spiro atoms. The summed E-state index contributed by atoms with van der Waals surface area (Å²) in [7, 11) is 0. The molecule has 130 valence electrons. The Morgan fingerprint density at radius 3 is 2.13 bits per heavy atom. The van der Waals surface area contributed by atoms with E-state index in [1.165, 1.54) is 0 Å². The number of phenols is 1. The highest BCUT2D eigenvalue weighted by Gasteiger charge is 2.26. The number of aliphatic hydroxyl groups is 1. The van der Waals surface area contributed by atoms with Gasteiger partial charge >= 0.3 is 0 Å². The molecule has 2 N–H and O–H groups in total. The van der Waals surface area contributed by atoms with E-state index in [9.17, 15) is 9.90 Å². The summed E-state index contributed by atoms with van der Waals surface area (Å²) in [6.07, 6.45) is 5.87. The van der Waals surface area contributed by atoms with E-state index in [2.05, 4.69) is 19.9 Å². The van der Waals surface area contributed by atoms with Crippen LogP contribution in [-0.2, 0) is 10.8 Å². The molecule has 0 saturated heterocycles. The van der Waals surface area contributed by atoms with Crippen molar-refractivity contribution >= 4 is 6.29 Å². The fraction of sp³-hybridized carbons (Fsp3) is 0.650. The van der Waals surface area contributed by atoms with Crippen LogP contribution in [0.15, 0.2) is 12.1 Å². The van der Waals surface area contributed by atoms with Crippen molar-refractivity contribution in [3.63, 3.8) is 0 Å². The Morgan fingerprint density at radius 2 is 1.61 bits per heavy atom. The number of aldehydes is 1. The first-order valence-corrected chi connectivity index (χ1v) is 8.57. The van der Waals surface area contributed by atoms with Gasteiger partial charge in [-0.25, -0.2) is 0 Å². The van der Waals surface area contributed by atoms with Gasteiger partial charge in [-0.3, -0.25) is 4.79 Å². The van der Waals surface area contributed by atoms with E-state index in [0.29, 0.717) is 5.56 Å². The first-order chi connectivity index (χ1) is 10.6. The number of hydrogen-bond donors (Lipinski definition) is 2. The lowest BCUT2D eigenvalue weighted by Gasteiger charge is -2.29. The van der Waals surface area contributed by atoms with Crippen LogP contribution < -0.4 is 0 Å². The zero-order valence-corrected chi connectivity index (χ0v) is 15.3. The van der Waals surface area contributed by atoms with Gasteiger partial charge < -0.3 is 10.2 Å². The average molecular weight is 320 g/mol. The van der Waals surface area contributed by atoms with Crippen LogP contribution in [0.3, 0.4) is 0 Å². The molecular weight excluding hydrogens is 288 g/mol. The molecule has 0 saturated carbocycles. The second kappa shape index (κ2) is 7.96. The molecule has 23 heavy (non-hydrogen) atoms. The Kier molecular flexibility index (Phi) is 6.82. The molecule has 0 fully saturated rings. The number of aromatic hydroxyl groups is 1. The Labute approximate surface area is 140 Å². The summed E-state index contributed by atoms with van der Waals surface area (Å²) in [6, 6.07) is 3.88. The third-order valence-corrected chi connectivity index (χ3v) is 4.57. The minimum atomic E-state index is -0.213. The minimum Gasteiger partial charge on any atom is -0.507 e. The highest BCUT2D eigenvalue weighted by molar-refractivity contribution is 5.81. The lowest BCUT2D eigenvalue weighted by Crippen LogP contribution is -2.20. The van der Waals surface area contributed by atoms with Crippen molar-refractivity contribution in [2.45, 2.75) is 77.6 Å². The van der Waals surface area contributed by atoms with Crippen molar-refractivity contribution in [2.24, 2.45) is 0 Å². The normalized spacial score (nSPS) is 12.4. The van der Waals surface area contributed by atoms with Gasteiger partial charge in [0, 0.05) is 12.2 Å². The lowest BCUT2D eigenvalue weighted by molar-refractivity contribution is 0.112. The number of carbonyl (C=O) groups excluding carboxylic acids is 1. The van der Waals surface area contributed by atoms with E-state index in [1.807, 2.05) is 26.8 Å². The molecule has 3 heteroatoms. The average Bonchev–Trinajstić information content (AvgIpc) is 2.45. The highest BCUT2D eigenvalue weighted by Crippen LogP contribution is 2.38. The minimum absolute atomic E-state index is 0.0509. The fourth-order valence-electron chi connectivity index (χ4n) is 2.89. The third kappa shape index (κ3) is 5.35. The van der Waals surface area contributed by atoms with Crippen molar-refractivity contribution in [1.29, 1.82) is 0 Å². The number of rotatable bonds is 8. The summed E-state index contributed by atoms with van der Waals surface area (Å²) >= 11 is 0. The molecule has 0 radical (unpaired) electrons. The summed E-state index contributed by atoms with van der Waals surface area (Å²) in [5, 5.41) is 19.2. The Morgan fingerprint density at radius 1 is 1.00 bits per heavy atom. The number of unbranched alkanes of at least 4 members (excludes halogenated alkanes) is 3. The van der Waals surface area contributed by atoms with E-state index in [-0.39, 0.29) is 23.2 Å². The maximum Gasteiger partial charge on any atom is 0.153 e. The van der Waals surface area contributed by atoms with Crippen LogP contribution in [0.4, 0.5) is 0 Å². The summed E-state index contributed by atoms with van der Waals surface area (Å²) < 4.78 is 0. The highest BCUT2D eigenvalue weighted by atomic mass is 16.3. The van der Waals surface area contributed by atoms with Gasteiger partial charge in [-0.05, 0) is 35.3 Å². The van der Waals surface area contributed by atoms with E-state index >= 15 is 0 Å². The third-order valence-electron chi connectivity index (χ3n) is 4.57. The standard InChI is InChI=1S/C20H32O3/c1-19(2,3)17-13-16(12-15(14-22)18(17)23)20(4,5)10-8-6-7-9-11-21/h12-14,21,23H,6-11H2,1-5H3. The van der Waals surface area contributed by atoms with Crippen molar-refractivity contribution in [3.05, 3.63) is 28.8 Å². The maximum atomic E-state index is 11.3. The molecule has 1 rings (SSSR count). The van der Waals surface area contributed by atoms with Crippen LogP contribution in [-0.4, -0.2) is 23.1 Å². The molecule has 1 aromatic carbocycles. The van der Waals surface area contributed by atoms with Crippen molar-refractivity contribution in [1.82, 2.24) is 0 Å². The number of phenolic OH excluding ortho intramolecular Hbond substituents is 1. The van der Waals surface area contributed by atoms with Gasteiger partial charge in [0.1, 0.15) is 5.75 Å². The van der Waals surface area contributed by atoms with E-state index < -0.39 is 0 Å². The topological polar surface area (TPSA) is 57.5 Å². The molecule has 0 aromatic heterocycles. The van der Waals surface area contributed by atoms with Gasteiger partial charge in [0.15, 0.2) is 6.29 Å². The van der Waals surface area contributed by atoms with Crippen LogP contribution in [0, 0.1) is 0 Å².